The van der Waals surface area contributed by atoms with Gasteiger partial charge in [-0.1, -0.05) is 26.0 Å². The standard InChI is InChI=1S/C17H27NO3/c1-13(2)16-5-4-14(3)10-17(16)21-12-15(19)11-18-6-8-20-9-7-18/h4-5,10,13,15,19H,6-9,11-12H2,1-3H3/t15-/m1/s1. The molecule has 1 aromatic carbocycles. The Balaban J connectivity index is 1.88. The second kappa shape index (κ2) is 7.78. The number of β-amino-alcohol motifs (C(OH)–C–C–N with tert-alkyl or cyclic N) is 1. The molecule has 1 aliphatic heterocycles. The predicted octanol–water partition coefficient (Wildman–Crippen LogP) is 2.19. The van der Waals surface area contributed by atoms with Gasteiger partial charge in [0.1, 0.15) is 18.5 Å². The van der Waals surface area contributed by atoms with Crippen LogP contribution in [0.4, 0.5) is 0 Å². The molecule has 0 aromatic heterocycles. The van der Waals surface area contributed by atoms with E-state index >= 15 is 0 Å². The summed E-state index contributed by atoms with van der Waals surface area (Å²) in [6.07, 6.45) is -0.469. The van der Waals surface area contributed by atoms with Crippen LogP contribution in [-0.2, 0) is 4.74 Å². The van der Waals surface area contributed by atoms with Crippen molar-refractivity contribution in [2.75, 3.05) is 39.5 Å². The Morgan fingerprint density at radius 1 is 1.29 bits per heavy atom. The SMILES string of the molecule is Cc1ccc(C(C)C)c(OC[C@H](O)CN2CCOCC2)c1. The van der Waals surface area contributed by atoms with Crippen molar-refractivity contribution in [3.63, 3.8) is 0 Å². The summed E-state index contributed by atoms with van der Waals surface area (Å²) in [5.74, 6) is 1.31. The van der Waals surface area contributed by atoms with Gasteiger partial charge in [-0.2, -0.15) is 0 Å². The minimum Gasteiger partial charge on any atom is -0.491 e. The second-order valence-electron chi connectivity index (χ2n) is 6.07. The lowest BCUT2D eigenvalue weighted by molar-refractivity contribution is 0.00455. The number of nitrogens with zero attached hydrogens (tertiary/aromatic N) is 1. The normalized spacial score (nSPS) is 18.0. The molecule has 118 valence electrons. The van der Waals surface area contributed by atoms with Crippen LogP contribution < -0.4 is 4.74 Å². The van der Waals surface area contributed by atoms with Crippen molar-refractivity contribution in [3.8, 4) is 5.75 Å². The van der Waals surface area contributed by atoms with Gasteiger partial charge in [-0.15, -0.1) is 0 Å². The van der Waals surface area contributed by atoms with E-state index in [2.05, 4.69) is 43.9 Å². The van der Waals surface area contributed by atoms with Crippen molar-refractivity contribution in [2.24, 2.45) is 0 Å². The van der Waals surface area contributed by atoms with E-state index in [1.54, 1.807) is 0 Å². The van der Waals surface area contributed by atoms with Gasteiger partial charge in [-0.25, -0.2) is 0 Å². The molecule has 1 aliphatic rings. The molecule has 0 bridgehead atoms. The molecule has 1 saturated heterocycles. The zero-order valence-electron chi connectivity index (χ0n) is 13.3. The maximum absolute atomic E-state index is 10.2. The molecule has 0 unspecified atom stereocenters. The molecule has 21 heavy (non-hydrogen) atoms. The topological polar surface area (TPSA) is 41.9 Å². The zero-order valence-corrected chi connectivity index (χ0v) is 13.3. The van der Waals surface area contributed by atoms with Crippen LogP contribution in [0, 0.1) is 6.92 Å². The van der Waals surface area contributed by atoms with Gasteiger partial charge >= 0.3 is 0 Å². The third kappa shape index (κ3) is 4.99. The van der Waals surface area contributed by atoms with Crippen LogP contribution in [0.1, 0.15) is 30.9 Å². The lowest BCUT2D eigenvalue weighted by atomic mass is 10.0. The fourth-order valence-corrected chi connectivity index (χ4v) is 2.56. The quantitative estimate of drug-likeness (QED) is 0.873. The lowest BCUT2D eigenvalue weighted by Gasteiger charge is -2.28. The number of morpholine rings is 1. The van der Waals surface area contributed by atoms with E-state index in [0.29, 0.717) is 19.1 Å². The summed E-state index contributed by atoms with van der Waals surface area (Å²) in [5.41, 5.74) is 2.37. The first-order valence-corrected chi connectivity index (χ1v) is 7.77. The van der Waals surface area contributed by atoms with Crippen molar-refractivity contribution >= 4 is 0 Å². The summed E-state index contributed by atoms with van der Waals surface area (Å²) in [4.78, 5) is 2.22. The first-order chi connectivity index (χ1) is 10.1. The smallest absolute Gasteiger partial charge is 0.123 e. The van der Waals surface area contributed by atoms with Crippen LogP contribution in [0.25, 0.3) is 0 Å². The van der Waals surface area contributed by atoms with E-state index in [0.717, 1.165) is 32.1 Å². The van der Waals surface area contributed by atoms with Crippen LogP contribution in [0.5, 0.6) is 5.75 Å². The van der Waals surface area contributed by atoms with Gasteiger partial charge in [0.25, 0.3) is 0 Å². The Labute approximate surface area is 127 Å². The molecule has 1 atom stereocenters. The highest BCUT2D eigenvalue weighted by atomic mass is 16.5. The van der Waals surface area contributed by atoms with Gasteiger partial charge in [0.2, 0.25) is 0 Å². The number of aryl methyl sites for hydroxylation is 1. The molecule has 1 N–H and O–H groups in total. The third-order valence-corrected chi connectivity index (χ3v) is 3.79. The number of rotatable bonds is 6. The summed E-state index contributed by atoms with van der Waals surface area (Å²) in [6, 6.07) is 6.27. The van der Waals surface area contributed by atoms with E-state index in [9.17, 15) is 5.11 Å². The molecule has 1 heterocycles. The fourth-order valence-electron chi connectivity index (χ4n) is 2.56. The average Bonchev–Trinajstić information content (AvgIpc) is 2.46. The monoisotopic (exact) mass is 293 g/mol. The van der Waals surface area contributed by atoms with E-state index < -0.39 is 6.10 Å². The van der Waals surface area contributed by atoms with Crippen molar-refractivity contribution in [2.45, 2.75) is 32.8 Å². The maximum Gasteiger partial charge on any atom is 0.123 e. The van der Waals surface area contributed by atoms with Crippen LogP contribution in [0.3, 0.4) is 0 Å². The Morgan fingerprint density at radius 3 is 2.67 bits per heavy atom. The van der Waals surface area contributed by atoms with Gasteiger partial charge in [-0.3, -0.25) is 4.90 Å². The molecule has 2 rings (SSSR count). The van der Waals surface area contributed by atoms with Crippen LogP contribution in [-0.4, -0.2) is 55.6 Å². The highest BCUT2D eigenvalue weighted by Gasteiger charge is 2.16. The molecule has 0 aliphatic carbocycles. The highest BCUT2D eigenvalue weighted by Crippen LogP contribution is 2.27. The predicted molar refractivity (Wildman–Crippen MR) is 84.0 cm³/mol. The molecule has 4 heteroatoms. The molecular formula is C17H27NO3. The Hall–Kier alpha value is -1.10. The van der Waals surface area contributed by atoms with E-state index in [4.69, 9.17) is 9.47 Å². The van der Waals surface area contributed by atoms with E-state index in [1.165, 1.54) is 11.1 Å². The molecule has 0 radical (unpaired) electrons. The Bertz CT molecular complexity index is 442. The summed E-state index contributed by atoms with van der Waals surface area (Å²) < 4.78 is 11.2. The van der Waals surface area contributed by atoms with E-state index in [1.807, 2.05) is 0 Å². The number of aliphatic hydroxyl groups is 1. The number of hydrogen-bond acceptors (Lipinski definition) is 4. The first kappa shape index (κ1) is 16.3. The number of aliphatic hydroxyl groups excluding tert-OH is 1. The molecule has 4 nitrogen and oxygen atoms in total. The van der Waals surface area contributed by atoms with Crippen molar-refractivity contribution in [1.29, 1.82) is 0 Å². The molecule has 0 amide bonds. The van der Waals surface area contributed by atoms with Crippen molar-refractivity contribution < 1.29 is 14.6 Å². The number of hydrogen-bond donors (Lipinski definition) is 1. The number of benzene rings is 1. The van der Waals surface area contributed by atoms with Gasteiger partial charge < -0.3 is 14.6 Å². The summed E-state index contributed by atoms with van der Waals surface area (Å²) in [6.45, 7) is 10.6. The minimum atomic E-state index is -0.469. The molecule has 1 fully saturated rings. The zero-order chi connectivity index (χ0) is 15.2. The highest BCUT2D eigenvalue weighted by molar-refractivity contribution is 5.39. The minimum absolute atomic E-state index is 0.334. The Kier molecular flexibility index (Phi) is 6.03. The molecule has 0 saturated carbocycles. The maximum atomic E-state index is 10.2. The fraction of sp³-hybridized carbons (Fsp3) is 0.647. The van der Waals surface area contributed by atoms with Gasteiger partial charge in [0, 0.05) is 19.6 Å². The van der Waals surface area contributed by atoms with E-state index in [-0.39, 0.29) is 0 Å². The van der Waals surface area contributed by atoms with Crippen LogP contribution in [0.2, 0.25) is 0 Å². The lowest BCUT2D eigenvalue weighted by Crippen LogP contribution is -2.42. The van der Waals surface area contributed by atoms with Crippen LogP contribution in [0.15, 0.2) is 18.2 Å². The summed E-state index contributed by atoms with van der Waals surface area (Å²) >= 11 is 0. The summed E-state index contributed by atoms with van der Waals surface area (Å²) in [7, 11) is 0. The molecule has 0 spiro atoms. The Morgan fingerprint density at radius 2 is 2.00 bits per heavy atom. The second-order valence-corrected chi connectivity index (χ2v) is 6.07. The third-order valence-electron chi connectivity index (χ3n) is 3.79. The first-order valence-electron chi connectivity index (χ1n) is 7.77. The van der Waals surface area contributed by atoms with Gasteiger partial charge in [0.15, 0.2) is 0 Å². The average molecular weight is 293 g/mol. The van der Waals surface area contributed by atoms with Crippen molar-refractivity contribution in [3.05, 3.63) is 29.3 Å². The van der Waals surface area contributed by atoms with Gasteiger partial charge in [-0.05, 0) is 30.0 Å². The summed E-state index contributed by atoms with van der Waals surface area (Å²) in [5, 5.41) is 10.2. The molecule has 1 aromatic rings. The van der Waals surface area contributed by atoms with Crippen LogP contribution >= 0.6 is 0 Å². The van der Waals surface area contributed by atoms with Gasteiger partial charge in [0.05, 0.1) is 13.2 Å². The largest absolute Gasteiger partial charge is 0.491 e. The number of ether oxygens (including phenoxy) is 2. The molecular weight excluding hydrogens is 266 g/mol. The van der Waals surface area contributed by atoms with Crippen molar-refractivity contribution in [1.82, 2.24) is 4.90 Å².